The maximum absolute atomic E-state index is 13.0. The molecule has 2 bridgehead atoms. The molecule has 0 saturated heterocycles. The van der Waals surface area contributed by atoms with E-state index in [0.717, 1.165) is 55.4 Å². The van der Waals surface area contributed by atoms with Crippen molar-refractivity contribution in [3.05, 3.63) is 16.0 Å². The molecule has 1 aromatic heterocycles. The second-order valence-electron chi connectivity index (χ2n) is 7.85. The number of nitrogens with one attached hydrogen (secondary N) is 1. The van der Waals surface area contributed by atoms with Gasteiger partial charge < -0.3 is 15.2 Å². The van der Waals surface area contributed by atoms with Gasteiger partial charge in [0.25, 0.3) is 0 Å². The number of carboxylic acid groups (broad SMARTS) is 1. The first kappa shape index (κ1) is 18.5. The zero-order chi connectivity index (χ0) is 19.1. The van der Waals surface area contributed by atoms with Crippen LogP contribution in [0.25, 0.3) is 0 Å². The van der Waals surface area contributed by atoms with Gasteiger partial charge in [-0.15, -0.1) is 11.3 Å². The molecular weight excluding hydrogens is 366 g/mol. The van der Waals surface area contributed by atoms with Crippen LogP contribution in [0.2, 0.25) is 0 Å². The standard InChI is InChI=1S/C20H25NO5S/c1-2-26-20(25)16-12-5-3-4-6-13(12)27-18(16)21-17(22)14-10-7-8-11(9-10)15(14)19(23)24/h10-11,14-15H,2-9H2,1H3,(H,21,22)(H,23,24)/t10-,11+,14+,15+/m1/s1. The lowest BCUT2D eigenvalue weighted by molar-refractivity contribution is -0.148. The molecule has 4 atom stereocenters. The number of anilines is 1. The number of aryl methyl sites for hydroxylation is 1. The summed E-state index contributed by atoms with van der Waals surface area (Å²) in [4.78, 5) is 38.5. The molecule has 27 heavy (non-hydrogen) atoms. The van der Waals surface area contributed by atoms with E-state index in [1.807, 2.05) is 0 Å². The number of carbonyl (C=O) groups excluding carboxylic acids is 2. The fraction of sp³-hybridized carbons (Fsp3) is 0.650. The van der Waals surface area contributed by atoms with Gasteiger partial charge in [0.2, 0.25) is 5.91 Å². The van der Waals surface area contributed by atoms with Gasteiger partial charge in [-0.25, -0.2) is 4.79 Å². The van der Waals surface area contributed by atoms with Crippen molar-refractivity contribution in [3.8, 4) is 0 Å². The molecule has 0 unspecified atom stereocenters. The minimum absolute atomic E-state index is 0.101. The SMILES string of the molecule is CCOC(=O)c1c(NC(=O)[C@H]2[C@@H]3CC[C@@H](C3)[C@@H]2C(=O)O)sc2c1CCCC2. The van der Waals surface area contributed by atoms with E-state index in [0.29, 0.717) is 10.6 Å². The molecule has 6 nitrogen and oxygen atoms in total. The number of carboxylic acids is 1. The zero-order valence-corrected chi connectivity index (χ0v) is 16.3. The first-order valence-corrected chi connectivity index (χ1v) is 10.7. The van der Waals surface area contributed by atoms with Gasteiger partial charge in [0.05, 0.1) is 24.0 Å². The highest BCUT2D eigenvalue weighted by molar-refractivity contribution is 7.17. The number of hydrogen-bond donors (Lipinski definition) is 2. The van der Waals surface area contributed by atoms with E-state index in [2.05, 4.69) is 5.32 Å². The predicted octanol–water partition coefficient (Wildman–Crippen LogP) is 3.49. The Hall–Kier alpha value is -1.89. The van der Waals surface area contributed by atoms with Crippen molar-refractivity contribution in [2.75, 3.05) is 11.9 Å². The van der Waals surface area contributed by atoms with Crippen LogP contribution in [0.3, 0.4) is 0 Å². The molecule has 2 N–H and O–H groups in total. The number of thiophene rings is 1. The van der Waals surface area contributed by atoms with E-state index in [9.17, 15) is 19.5 Å². The van der Waals surface area contributed by atoms with Crippen molar-refractivity contribution in [3.63, 3.8) is 0 Å². The summed E-state index contributed by atoms with van der Waals surface area (Å²) >= 11 is 1.45. The first-order valence-electron chi connectivity index (χ1n) is 9.86. The average molecular weight is 391 g/mol. The molecular formula is C20H25NO5S. The Balaban J connectivity index is 1.62. The van der Waals surface area contributed by atoms with Gasteiger partial charge in [0.1, 0.15) is 5.00 Å². The maximum atomic E-state index is 13.0. The fourth-order valence-electron chi connectivity index (χ4n) is 5.29. The third-order valence-corrected chi connectivity index (χ3v) is 7.60. The summed E-state index contributed by atoms with van der Waals surface area (Å²) in [6.07, 6.45) is 6.47. The van der Waals surface area contributed by atoms with Crippen LogP contribution < -0.4 is 5.32 Å². The molecule has 1 aromatic rings. The summed E-state index contributed by atoms with van der Waals surface area (Å²) in [5, 5.41) is 13.1. The third kappa shape index (κ3) is 3.16. The van der Waals surface area contributed by atoms with E-state index >= 15 is 0 Å². The normalized spacial score (nSPS) is 28.6. The average Bonchev–Trinajstić information content (AvgIpc) is 3.33. The van der Waals surface area contributed by atoms with E-state index in [4.69, 9.17) is 4.74 Å². The number of hydrogen-bond acceptors (Lipinski definition) is 5. The Kier molecular flexibility index (Phi) is 4.97. The monoisotopic (exact) mass is 391 g/mol. The highest BCUT2D eigenvalue weighted by atomic mass is 32.1. The lowest BCUT2D eigenvalue weighted by Gasteiger charge is -2.26. The van der Waals surface area contributed by atoms with Crippen molar-refractivity contribution in [2.45, 2.75) is 51.9 Å². The number of fused-ring (bicyclic) bond motifs is 3. The maximum Gasteiger partial charge on any atom is 0.341 e. The number of aliphatic carboxylic acids is 1. The largest absolute Gasteiger partial charge is 0.481 e. The summed E-state index contributed by atoms with van der Waals surface area (Å²) in [6.45, 7) is 2.05. The van der Waals surface area contributed by atoms with Crippen molar-refractivity contribution in [2.24, 2.45) is 23.7 Å². The Morgan fingerprint density at radius 3 is 2.56 bits per heavy atom. The van der Waals surface area contributed by atoms with Crippen LogP contribution in [0, 0.1) is 23.7 Å². The molecule has 0 spiro atoms. The lowest BCUT2D eigenvalue weighted by atomic mass is 9.78. The van der Waals surface area contributed by atoms with Gasteiger partial charge >= 0.3 is 11.9 Å². The van der Waals surface area contributed by atoms with Crippen LogP contribution in [0.5, 0.6) is 0 Å². The lowest BCUT2D eigenvalue weighted by Crippen LogP contribution is -2.38. The van der Waals surface area contributed by atoms with Gasteiger partial charge in [0.15, 0.2) is 0 Å². The minimum atomic E-state index is -0.876. The summed E-state index contributed by atoms with van der Waals surface area (Å²) in [7, 11) is 0. The predicted molar refractivity (Wildman–Crippen MR) is 101 cm³/mol. The van der Waals surface area contributed by atoms with Crippen LogP contribution in [-0.2, 0) is 27.2 Å². The molecule has 2 fully saturated rings. The van der Waals surface area contributed by atoms with Crippen molar-refractivity contribution in [1.29, 1.82) is 0 Å². The molecule has 1 amide bonds. The Bertz CT molecular complexity index is 786. The van der Waals surface area contributed by atoms with E-state index in [1.165, 1.54) is 11.3 Å². The van der Waals surface area contributed by atoms with Crippen LogP contribution in [0.1, 0.15) is 59.8 Å². The van der Waals surface area contributed by atoms with Crippen molar-refractivity contribution in [1.82, 2.24) is 0 Å². The highest BCUT2D eigenvalue weighted by Crippen LogP contribution is 2.53. The van der Waals surface area contributed by atoms with Crippen molar-refractivity contribution < 1.29 is 24.2 Å². The zero-order valence-electron chi connectivity index (χ0n) is 15.5. The second kappa shape index (κ2) is 7.26. The van der Waals surface area contributed by atoms with E-state index < -0.39 is 23.8 Å². The molecule has 146 valence electrons. The molecule has 1 heterocycles. The quantitative estimate of drug-likeness (QED) is 0.750. The van der Waals surface area contributed by atoms with Gasteiger partial charge in [-0.2, -0.15) is 0 Å². The summed E-state index contributed by atoms with van der Waals surface area (Å²) in [5.74, 6) is -2.40. The summed E-state index contributed by atoms with van der Waals surface area (Å²) in [6, 6.07) is 0. The number of amides is 1. The first-order chi connectivity index (χ1) is 13.0. The van der Waals surface area contributed by atoms with Crippen LogP contribution in [-0.4, -0.2) is 29.6 Å². The Morgan fingerprint density at radius 1 is 1.15 bits per heavy atom. The van der Waals surface area contributed by atoms with Crippen molar-refractivity contribution >= 4 is 34.2 Å². The summed E-state index contributed by atoms with van der Waals surface area (Å²) in [5.41, 5.74) is 1.49. The molecule has 7 heteroatoms. The molecule has 0 aliphatic heterocycles. The van der Waals surface area contributed by atoms with E-state index in [1.54, 1.807) is 6.92 Å². The molecule has 0 aromatic carbocycles. The third-order valence-electron chi connectivity index (χ3n) is 6.39. The molecule has 3 aliphatic rings. The molecule has 3 aliphatic carbocycles. The van der Waals surface area contributed by atoms with Crippen LogP contribution in [0.4, 0.5) is 5.00 Å². The second-order valence-corrected chi connectivity index (χ2v) is 8.95. The van der Waals surface area contributed by atoms with Crippen LogP contribution >= 0.6 is 11.3 Å². The molecule has 2 saturated carbocycles. The number of esters is 1. The number of carbonyl (C=O) groups is 3. The smallest absolute Gasteiger partial charge is 0.341 e. The topological polar surface area (TPSA) is 92.7 Å². The fourth-order valence-corrected chi connectivity index (χ4v) is 6.57. The number of rotatable bonds is 5. The summed E-state index contributed by atoms with van der Waals surface area (Å²) < 4.78 is 5.23. The Morgan fingerprint density at radius 2 is 1.85 bits per heavy atom. The minimum Gasteiger partial charge on any atom is -0.481 e. The van der Waals surface area contributed by atoms with Gasteiger partial charge in [-0.1, -0.05) is 0 Å². The highest BCUT2D eigenvalue weighted by Gasteiger charge is 2.54. The van der Waals surface area contributed by atoms with Gasteiger partial charge in [-0.3, -0.25) is 9.59 Å². The van der Waals surface area contributed by atoms with Gasteiger partial charge in [0, 0.05) is 4.88 Å². The van der Waals surface area contributed by atoms with Gasteiger partial charge in [-0.05, 0) is 69.3 Å². The van der Waals surface area contributed by atoms with E-state index in [-0.39, 0.29) is 24.3 Å². The molecule has 4 rings (SSSR count). The number of ether oxygens (including phenoxy) is 1. The van der Waals surface area contributed by atoms with Crippen LogP contribution in [0.15, 0.2) is 0 Å². The molecule has 0 radical (unpaired) electrons. The Labute approximate surface area is 162 Å².